The molecule has 1 heterocycles. The zero-order valence-electron chi connectivity index (χ0n) is 12.5. The molecule has 0 spiro atoms. The zero-order valence-corrected chi connectivity index (χ0v) is 12.5. The maximum Gasteiger partial charge on any atom is 0.321 e. The predicted octanol–water partition coefficient (Wildman–Crippen LogP) is 0.502. The molecule has 2 aliphatic rings. The smallest absolute Gasteiger partial charge is 0.321 e. The molecule has 0 aromatic carbocycles. The molecule has 0 radical (unpaired) electrons. The highest BCUT2D eigenvalue weighted by Gasteiger charge is 2.41. The van der Waals surface area contributed by atoms with Crippen molar-refractivity contribution in [1.29, 1.82) is 0 Å². The van der Waals surface area contributed by atoms with Crippen LogP contribution in [0, 0.1) is 5.92 Å². The lowest BCUT2D eigenvalue weighted by Gasteiger charge is -2.38. The SMILES string of the molecule is CC(C)CN(C(=O)N1CCNC(=O)C1CC(=O)O)C1CC1. The molecule has 21 heavy (non-hydrogen) atoms. The quantitative estimate of drug-likeness (QED) is 0.773. The minimum Gasteiger partial charge on any atom is -0.481 e. The molecule has 3 amide bonds. The summed E-state index contributed by atoms with van der Waals surface area (Å²) in [5.41, 5.74) is 0. The normalized spacial score (nSPS) is 22.1. The van der Waals surface area contributed by atoms with E-state index in [2.05, 4.69) is 5.32 Å². The lowest BCUT2D eigenvalue weighted by molar-refractivity contribution is -0.142. The van der Waals surface area contributed by atoms with Crippen molar-refractivity contribution in [3.8, 4) is 0 Å². The third kappa shape index (κ3) is 3.86. The first-order chi connectivity index (χ1) is 9.90. The van der Waals surface area contributed by atoms with Gasteiger partial charge < -0.3 is 20.2 Å². The molecule has 2 fully saturated rings. The standard InChI is InChI=1S/C14H23N3O4/c1-9(2)8-17(10-3-4-10)14(21)16-6-5-15-13(20)11(16)7-12(18)19/h9-11H,3-8H2,1-2H3,(H,15,20)(H,18,19). The first-order valence-corrected chi connectivity index (χ1v) is 7.47. The van der Waals surface area contributed by atoms with Gasteiger partial charge in [-0.25, -0.2) is 4.79 Å². The van der Waals surface area contributed by atoms with E-state index in [1.54, 1.807) is 4.90 Å². The Balaban J connectivity index is 2.12. The van der Waals surface area contributed by atoms with Crippen LogP contribution in [-0.4, -0.2) is 64.5 Å². The number of carboxylic acid groups (broad SMARTS) is 1. The summed E-state index contributed by atoms with van der Waals surface area (Å²) in [6, 6.07) is -0.861. The molecular formula is C14H23N3O4. The summed E-state index contributed by atoms with van der Waals surface area (Å²) in [7, 11) is 0. The topological polar surface area (TPSA) is 90.0 Å². The van der Waals surface area contributed by atoms with Crippen LogP contribution >= 0.6 is 0 Å². The van der Waals surface area contributed by atoms with E-state index in [0.29, 0.717) is 25.6 Å². The summed E-state index contributed by atoms with van der Waals surface area (Å²) in [5, 5.41) is 11.6. The summed E-state index contributed by atoms with van der Waals surface area (Å²) in [4.78, 5) is 38.8. The van der Waals surface area contributed by atoms with Gasteiger partial charge in [0.1, 0.15) is 6.04 Å². The monoisotopic (exact) mass is 297 g/mol. The fraction of sp³-hybridized carbons (Fsp3) is 0.786. The molecule has 2 rings (SSSR count). The van der Waals surface area contributed by atoms with Crippen molar-refractivity contribution in [2.45, 2.75) is 45.2 Å². The van der Waals surface area contributed by atoms with Crippen molar-refractivity contribution < 1.29 is 19.5 Å². The largest absolute Gasteiger partial charge is 0.481 e. The Morgan fingerprint density at radius 3 is 2.62 bits per heavy atom. The highest BCUT2D eigenvalue weighted by molar-refractivity contribution is 5.91. The second-order valence-electron chi connectivity index (χ2n) is 6.16. The van der Waals surface area contributed by atoms with Crippen molar-refractivity contribution in [2.24, 2.45) is 5.92 Å². The van der Waals surface area contributed by atoms with Crippen molar-refractivity contribution in [3.63, 3.8) is 0 Å². The second-order valence-corrected chi connectivity index (χ2v) is 6.16. The van der Waals surface area contributed by atoms with Gasteiger partial charge in [0.15, 0.2) is 0 Å². The maximum atomic E-state index is 12.7. The molecule has 1 saturated carbocycles. The van der Waals surface area contributed by atoms with Crippen LogP contribution in [0.3, 0.4) is 0 Å². The van der Waals surface area contributed by atoms with Crippen LogP contribution in [-0.2, 0) is 9.59 Å². The maximum absolute atomic E-state index is 12.7. The van der Waals surface area contributed by atoms with Gasteiger partial charge in [-0.2, -0.15) is 0 Å². The van der Waals surface area contributed by atoms with Gasteiger partial charge in [0.25, 0.3) is 0 Å². The minimum absolute atomic E-state index is 0.202. The number of amides is 3. The van der Waals surface area contributed by atoms with E-state index in [9.17, 15) is 14.4 Å². The number of nitrogens with one attached hydrogen (secondary N) is 1. The van der Waals surface area contributed by atoms with Gasteiger partial charge in [-0.15, -0.1) is 0 Å². The molecule has 0 aromatic heterocycles. The number of hydrogen-bond acceptors (Lipinski definition) is 3. The minimum atomic E-state index is -1.07. The molecule has 1 unspecified atom stereocenters. The average Bonchev–Trinajstić information content (AvgIpc) is 3.21. The summed E-state index contributed by atoms with van der Waals surface area (Å²) in [6.45, 7) is 5.47. The van der Waals surface area contributed by atoms with Crippen molar-refractivity contribution in [1.82, 2.24) is 15.1 Å². The predicted molar refractivity (Wildman–Crippen MR) is 75.7 cm³/mol. The number of aliphatic carboxylic acids is 1. The van der Waals surface area contributed by atoms with Gasteiger partial charge in [0.2, 0.25) is 5.91 Å². The van der Waals surface area contributed by atoms with Gasteiger partial charge in [-0.1, -0.05) is 13.8 Å². The number of carboxylic acids is 1. The van der Waals surface area contributed by atoms with Crippen LogP contribution in [0.25, 0.3) is 0 Å². The summed E-state index contributed by atoms with van der Waals surface area (Å²) >= 11 is 0. The van der Waals surface area contributed by atoms with Gasteiger partial charge in [0.05, 0.1) is 6.42 Å². The molecule has 2 N–H and O–H groups in total. The molecule has 1 aliphatic carbocycles. The van der Waals surface area contributed by atoms with Gasteiger partial charge in [0, 0.05) is 25.7 Å². The highest BCUT2D eigenvalue weighted by Crippen LogP contribution is 2.29. The molecule has 1 aliphatic heterocycles. The Labute approximate surface area is 124 Å². The fourth-order valence-corrected chi connectivity index (χ4v) is 2.64. The van der Waals surface area contributed by atoms with Gasteiger partial charge in [-0.3, -0.25) is 9.59 Å². The summed E-state index contributed by atoms with van der Waals surface area (Å²) in [6.07, 6.45) is 1.63. The van der Waals surface area contributed by atoms with Crippen LogP contribution < -0.4 is 5.32 Å². The lowest BCUT2D eigenvalue weighted by Crippen LogP contribution is -2.61. The number of hydrogen-bond donors (Lipinski definition) is 2. The van der Waals surface area contributed by atoms with Gasteiger partial charge in [-0.05, 0) is 18.8 Å². The molecular weight excluding hydrogens is 274 g/mol. The molecule has 1 atom stereocenters. The van der Waals surface area contributed by atoms with Crippen LogP contribution in [0.2, 0.25) is 0 Å². The number of rotatable bonds is 5. The first-order valence-electron chi connectivity index (χ1n) is 7.47. The Hall–Kier alpha value is -1.79. The summed E-state index contributed by atoms with van der Waals surface area (Å²) < 4.78 is 0. The Morgan fingerprint density at radius 1 is 1.43 bits per heavy atom. The average molecular weight is 297 g/mol. The molecule has 7 heteroatoms. The first kappa shape index (κ1) is 15.6. The van der Waals surface area contributed by atoms with Crippen LogP contribution in [0.5, 0.6) is 0 Å². The Morgan fingerprint density at radius 2 is 2.10 bits per heavy atom. The summed E-state index contributed by atoms with van der Waals surface area (Å²) in [5.74, 6) is -1.11. The van der Waals surface area contributed by atoms with Crippen molar-refractivity contribution in [2.75, 3.05) is 19.6 Å². The molecule has 118 valence electrons. The van der Waals surface area contributed by atoms with Crippen molar-refractivity contribution in [3.05, 3.63) is 0 Å². The zero-order chi connectivity index (χ0) is 15.6. The molecule has 0 bridgehead atoms. The van der Waals surface area contributed by atoms with Crippen molar-refractivity contribution >= 4 is 17.9 Å². The fourth-order valence-electron chi connectivity index (χ4n) is 2.64. The number of urea groups is 1. The Bertz CT molecular complexity index is 434. The number of piperazine rings is 1. The number of nitrogens with zero attached hydrogens (tertiary/aromatic N) is 2. The molecule has 1 saturated heterocycles. The van der Waals surface area contributed by atoms with Crippen LogP contribution in [0.1, 0.15) is 33.1 Å². The van der Waals surface area contributed by atoms with E-state index in [4.69, 9.17) is 5.11 Å². The van der Waals surface area contributed by atoms with E-state index in [1.807, 2.05) is 13.8 Å². The third-order valence-electron chi connectivity index (χ3n) is 3.74. The van der Waals surface area contributed by atoms with Gasteiger partial charge >= 0.3 is 12.0 Å². The molecule has 7 nitrogen and oxygen atoms in total. The highest BCUT2D eigenvalue weighted by atomic mass is 16.4. The van der Waals surface area contributed by atoms with E-state index < -0.39 is 12.0 Å². The van der Waals surface area contributed by atoms with E-state index in [0.717, 1.165) is 12.8 Å². The van der Waals surface area contributed by atoms with E-state index >= 15 is 0 Å². The number of carbonyl (C=O) groups is 3. The van der Waals surface area contributed by atoms with Crippen LogP contribution in [0.15, 0.2) is 0 Å². The van der Waals surface area contributed by atoms with E-state index in [1.165, 1.54) is 4.90 Å². The van der Waals surface area contributed by atoms with Crippen LogP contribution in [0.4, 0.5) is 4.79 Å². The van der Waals surface area contributed by atoms with E-state index in [-0.39, 0.29) is 24.4 Å². The molecule has 0 aromatic rings. The lowest BCUT2D eigenvalue weighted by atomic mass is 10.1. The second kappa shape index (κ2) is 6.32. The number of carbonyl (C=O) groups excluding carboxylic acids is 2. The Kier molecular flexibility index (Phi) is 4.69. The third-order valence-corrected chi connectivity index (χ3v) is 3.74.